The number of fused-ring (bicyclic) bond motifs is 3. The second-order valence-electron chi connectivity index (χ2n) is 12.8. The second kappa shape index (κ2) is 12.0. The molecule has 0 fully saturated rings. The first-order valence-electron chi connectivity index (χ1n) is 16.8. The van der Waals surface area contributed by atoms with Gasteiger partial charge in [0.15, 0.2) is 0 Å². The third kappa shape index (κ3) is 5.03. The van der Waals surface area contributed by atoms with Crippen molar-refractivity contribution >= 4 is 21.9 Å². The van der Waals surface area contributed by atoms with E-state index in [9.17, 15) is 0 Å². The lowest BCUT2D eigenvalue weighted by molar-refractivity contribution is 0.316. The Morgan fingerprint density at radius 1 is 0.408 bits per heavy atom. The molecule has 6 aromatic carbocycles. The molecule has 49 heavy (non-hydrogen) atoms. The predicted octanol–water partition coefficient (Wildman–Crippen LogP) is 8.88. The molecule has 0 aliphatic carbocycles. The first-order valence-corrected chi connectivity index (χ1v) is 16.8. The highest BCUT2D eigenvalue weighted by Gasteiger charge is 2.39. The number of hydrogen-bond donors (Lipinski definition) is 4. The number of nitrogens with one attached hydrogen (secondary N) is 4. The van der Waals surface area contributed by atoms with Gasteiger partial charge >= 0.3 is 0 Å². The zero-order chi connectivity index (χ0) is 32.7. The lowest BCUT2D eigenvalue weighted by atomic mass is 9.86. The number of rotatable bonds is 6. The van der Waals surface area contributed by atoms with Crippen molar-refractivity contribution in [1.82, 2.24) is 21.3 Å². The molecule has 9 rings (SSSR count). The highest BCUT2D eigenvalue weighted by molar-refractivity contribution is 6.05. The third-order valence-corrected chi connectivity index (χ3v) is 9.99. The van der Waals surface area contributed by atoms with Gasteiger partial charge in [0.2, 0.25) is 0 Å². The summed E-state index contributed by atoms with van der Waals surface area (Å²) < 4.78 is 6.49. The van der Waals surface area contributed by atoms with Crippen molar-refractivity contribution < 1.29 is 4.42 Å². The van der Waals surface area contributed by atoms with Gasteiger partial charge in [-0.1, -0.05) is 133 Å². The van der Waals surface area contributed by atoms with E-state index in [2.05, 4.69) is 204 Å². The zero-order valence-corrected chi connectivity index (χ0v) is 26.9. The molecule has 0 spiro atoms. The highest BCUT2D eigenvalue weighted by atomic mass is 16.3. The quantitative estimate of drug-likeness (QED) is 0.147. The van der Waals surface area contributed by atoms with Crippen LogP contribution in [0.25, 0.3) is 21.9 Å². The van der Waals surface area contributed by atoms with Crippen LogP contribution in [0.2, 0.25) is 0 Å². The minimum absolute atomic E-state index is 0.0193. The molecule has 4 N–H and O–H groups in total. The number of furan rings is 1. The summed E-state index contributed by atoms with van der Waals surface area (Å²) in [5.41, 5.74) is 7.25. The van der Waals surface area contributed by atoms with Gasteiger partial charge in [-0.25, -0.2) is 0 Å². The summed E-state index contributed by atoms with van der Waals surface area (Å²) in [6.07, 6.45) is 8.52. The van der Waals surface area contributed by atoms with Gasteiger partial charge in [0.1, 0.15) is 22.5 Å². The Kier molecular flexibility index (Phi) is 7.15. The molecule has 5 nitrogen and oxygen atoms in total. The van der Waals surface area contributed by atoms with Gasteiger partial charge in [-0.2, -0.15) is 0 Å². The van der Waals surface area contributed by atoms with Crippen molar-refractivity contribution in [2.75, 3.05) is 0 Å². The molecule has 3 heterocycles. The van der Waals surface area contributed by atoms with Crippen molar-refractivity contribution in [1.29, 1.82) is 0 Å². The fraction of sp³-hybridized carbons (Fsp3) is 0.0909. The van der Waals surface area contributed by atoms with Gasteiger partial charge in [0.05, 0.1) is 12.1 Å². The normalized spacial score (nSPS) is 23.3. The van der Waals surface area contributed by atoms with Crippen LogP contribution in [0.15, 0.2) is 187 Å². The molecule has 0 amide bonds. The van der Waals surface area contributed by atoms with Crippen molar-refractivity contribution in [3.8, 4) is 0 Å². The van der Waals surface area contributed by atoms with E-state index in [1.54, 1.807) is 0 Å². The molecular formula is C44H36N4O. The van der Waals surface area contributed by atoms with E-state index in [0.717, 1.165) is 44.2 Å². The summed E-state index contributed by atoms with van der Waals surface area (Å²) in [6.45, 7) is 0. The molecular weight excluding hydrogens is 601 g/mol. The zero-order valence-electron chi connectivity index (χ0n) is 26.9. The standard InChI is InChI=1S/C44H36N4O/c1-5-13-31(14-6-1)39-25-27-45-43(47-39,33-17-9-3-10-18-33)35-21-23-41-37(29-35)38-30-36(22-24-42(38)49-41)44(34-19-11-4-12-20-34)46-28-26-40(48-44)32-15-7-2-8-16-32/h1-30,39-40,45-48H. The van der Waals surface area contributed by atoms with E-state index in [1.807, 2.05) is 0 Å². The van der Waals surface area contributed by atoms with Crippen molar-refractivity contribution in [2.24, 2.45) is 0 Å². The minimum Gasteiger partial charge on any atom is -0.456 e. The molecule has 0 bridgehead atoms. The lowest BCUT2D eigenvalue weighted by Gasteiger charge is -2.42. The van der Waals surface area contributed by atoms with Crippen LogP contribution in [0.5, 0.6) is 0 Å². The summed E-state index contributed by atoms with van der Waals surface area (Å²) in [5.74, 6) is 0. The van der Waals surface area contributed by atoms with E-state index in [4.69, 9.17) is 4.42 Å². The van der Waals surface area contributed by atoms with Gasteiger partial charge in [-0.3, -0.25) is 10.6 Å². The summed E-state index contributed by atoms with van der Waals surface area (Å²) in [4.78, 5) is 0. The monoisotopic (exact) mass is 636 g/mol. The topological polar surface area (TPSA) is 61.3 Å². The Balaban J connectivity index is 1.19. The SMILES string of the molecule is C1=CC(c2ccccc2)NC(c2ccccc2)(c2ccc3oc4ccc(C5(c6ccccc6)NC=CC(c6ccccc6)N5)cc4c3c2)N1. The van der Waals surface area contributed by atoms with Crippen LogP contribution in [0.1, 0.15) is 45.5 Å². The molecule has 4 atom stereocenters. The van der Waals surface area contributed by atoms with Gasteiger partial charge in [0.25, 0.3) is 0 Å². The Morgan fingerprint density at radius 2 is 0.796 bits per heavy atom. The smallest absolute Gasteiger partial charge is 0.141 e. The van der Waals surface area contributed by atoms with Crippen LogP contribution in [0.3, 0.4) is 0 Å². The Bertz CT molecular complexity index is 2140. The molecule has 4 unspecified atom stereocenters. The molecule has 2 aliphatic rings. The van der Waals surface area contributed by atoms with E-state index in [-0.39, 0.29) is 12.1 Å². The largest absolute Gasteiger partial charge is 0.456 e. The summed E-state index contributed by atoms with van der Waals surface area (Å²) in [6, 6.07) is 55.5. The Hall–Kier alpha value is -5.88. The molecule has 0 saturated carbocycles. The van der Waals surface area contributed by atoms with Crippen molar-refractivity contribution in [3.63, 3.8) is 0 Å². The maximum Gasteiger partial charge on any atom is 0.141 e. The predicted molar refractivity (Wildman–Crippen MR) is 197 cm³/mol. The van der Waals surface area contributed by atoms with Crippen LogP contribution in [0, 0.1) is 0 Å². The maximum atomic E-state index is 6.49. The fourth-order valence-corrected chi connectivity index (χ4v) is 7.51. The van der Waals surface area contributed by atoms with Gasteiger partial charge < -0.3 is 15.1 Å². The van der Waals surface area contributed by atoms with E-state index >= 15 is 0 Å². The van der Waals surface area contributed by atoms with E-state index in [1.165, 1.54) is 11.1 Å². The summed E-state index contributed by atoms with van der Waals surface area (Å²) >= 11 is 0. The molecule has 5 heteroatoms. The van der Waals surface area contributed by atoms with Crippen LogP contribution >= 0.6 is 0 Å². The van der Waals surface area contributed by atoms with E-state index in [0.29, 0.717) is 0 Å². The Morgan fingerprint density at radius 3 is 1.20 bits per heavy atom. The molecule has 0 radical (unpaired) electrons. The second-order valence-corrected chi connectivity index (χ2v) is 12.8. The molecule has 7 aromatic rings. The van der Waals surface area contributed by atoms with Crippen LogP contribution in [0.4, 0.5) is 0 Å². The van der Waals surface area contributed by atoms with E-state index < -0.39 is 11.3 Å². The van der Waals surface area contributed by atoms with Crippen molar-refractivity contribution in [3.05, 3.63) is 216 Å². The van der Waals surface area contributed by atoms with Crippen LogP contribution in [-0.4, -0.2) is 0 Å². The molecule has 238 valence electrons. The number of benzene rings is 6. The molecule has 2 aliphatic heterocycles. The molecule has 0 saturated heterocycles. The number of hydrogen-bond acceptors (Lipinski definition) is 5. The Labute approximate surface area is 286 Å². The summed E-state index contributed by atoms with van der Waals surface area (Å²) in [7, 11) is 0. The van der Waals surface area contributed by atoms with Crippen LogP contribution < -0.4 is 21.3 Å². The molecule has 1 aromatic heterocycles. The van der Waals surface area contributed by atoms with Gasteiger partial charge in [-0.05, 0) is 82.2 Å². The average molecular weight is 637 g/mol. The van der Waals surface area contributed by atoms with Gasteiger partial charge in [-0.15, -0.1) is 0 Å². The van der Waals surface area contributed by atoms with Crippen LogP contribution in [-0.2, 0) is 11.3 Å². The first-order chi connectivity index (χ1) is 24.2. The maximum absolute atomic E-state index is 6.49. The van der Waals surface area contributed by atoms with Gasteiger partial charge in [0, 0.05) is 10.8 Å². The summed E-state index contributed by atoms with van der Waals surface area (Å²) in [5, 5.41) is 17.5. The third-order valence-electron chi connectivity index (χ3n) is 9.99. The lowest BCUT2D eigenvalue weighted by Crippen LogP contribution is -2.56. The minimum atomic E-state index is -0.669. The highest BCUT2D eigenvalue weighted by Crippen LogP contribution is 2.40. The average Bonchev–Trinajstić information content (AvgIpc) is 3.57. The van der Waals surface area contributed by atoms with Crippen molar-refractivity contribution in [2.45, 2.75) is 23.4 Å². The first kappa shape index (κ1) is 29.3. The fourth-order valence-electron chi connectivity index (χ4n) is 7.51.